The van der Waals surface area contributed by atoms with E-state index in [0.717, 1.165) is 12.1 Å². The van der Waals surface area contributed by atoms with E-state index in [4.69, 9.17) is 16.7 Å². The number of primary amides is 1. The van der Waals surface area contributed by atoms with Crippen molar-refractivity contribution in [3.8, 4) is 6.07 Å². The fraction of sp³-hybridized carbons (Fsp3) is 0. The van der Waals surface area contributed by atoms with Crippen molar-refractivity contribution in [2.24, 2.45) is 11.5 Å². The number of nitrogens with one attached hydrogen (secondary N) is 1. The summed E-state index contributed by atoms with van der Waals surface area (Å²) in [7, 11) is -4.53. The van der Waals surface area contributed by atoms with E-state index in [-0.39, 0.29) is 62.7 Å². The Bertz CT molecular complexity index is 678. The van der Waals surface area contributed by atoms with Gasteiger partial charge in [-0.05, 0) is 24.3 Å². The Balaban J connectivity index is 0. The van der Waals surface area contributed by atoms with Gasteiger partial charge in [-0.2, -0.15) is 5.26 Å². The van der Waals surface area contributed by atoms with Crippen LogP contribution in [0.4, 0.5) is 5.69 Å². The molecule has 0 heterocycles. The smallest absolute Gasteiger partial charge is 0.744 e. The zero-order valence-electron chi connectivity index (χ0n) is 11.0. The standard InChI is InChI=1S/C10H10N4O4S.K.H2O/c11-5-8(10(13)15)9(12)14-6-1-3-7(4-2-6)19(16,17)18;;/h1-4,14H,12H2,(H2,13,15)(H,16,17,18);;1H2/q;+1;/p-1. The van der Waals surface area contributed by atoms with Crippen molar-refractivity contribution in [2.45, 2.75) is 4.90 Å². The Morgan fingerprint density at radius 1 is 1.24 bits per heavy atom. The number of nitrogens with zero attached hydrogens (tertiary/aromatic N) is 1. The molecule has 0 fully saturated rings. The zero-order chi connectivity index (χ0) is 14.6. The monoisotopic (exact) mass is 338 g/mol. The zero-order valence-corrected chi connectivity index (χ0v) is 14.9. The fourth-order valence-corrected chi connectivity index (χ4v) is 1.64. The molecule has 0 atom stereocenters. The summed E-state index contributed by atoms with van der Waals surface area (Å²) in [5.74, 6) is -1.26. The van der Waals surface area contributed by atoms with Crippen molar-refractivity contribution >= 4 is 21.7 Å². The second kappa shape index (κ2) is 9.13. The number of carbonyl (C=O) groups is 1. The van der Waals surface area contributed by atoms with E-state index < -0.39 is 26.5 Å². The van der Waals surface area contributed by atoms with Crippen LogP contribution in [0.3, 0.4) is 0 Å². The Labute approximate surface area is 163 Å². The number of nitrogens with two attached hydrogens (primary N) is 2. The maximum absolute atomic E-state index is 10.8. The molecule has 1 amide bonds. The van der Waals surface area contributed by atoms with Crippen molar-refractivity contribution in [3.63, 3.8) is 0 Å². The molecule has 0 radical (unpaired) electrons. The van der Waals surface area contributed by atoms with Gasteiger partial charge in [-0.25, -0.2) is 8.42 Å². The minimum Gasteiger partial charge on any atom is -0.744 e. The third-order valence-corrected chi connectivity index (χ3v) is 2.90. The van der Waals surface area contributed by atoms with Crippen LogP contribution in [0.15, 0.2) is 40.6 Å². The van der Waals surface area contributed by atoms with Gasteiger partial charge in [-0.3, -0.25) is 4.79 Å². The molecule has 0 bridgehead atoms. The minimum atomic E-state index is -4.53. The molecule has 9 nitrogen and oxygen atoms in total. The van der Waals surface area contributed by atoms with Crippen molar-refractivity contribution < 1.29 is 74.6 Å². The van der Waals surface area contributed by atoms with Crippen LogP contribution in [-0.2, 0) is 14.9 Å². The first-order valence-electron chi connectivity index (χ1n) is 4.78. The molecule has 0 spiro atoms. The van der Waals surface area contributed by atoms with Gasteiger partial charge in [-0.15, -0.1) is 0 Å². The van der Waals surface area contributed by atoms with Crippen LogP contribution >= 0.6 is 0 Å². The third-order valence-electron chi connectivity index (χ3n) is 2.05. The van der Waals surface area contributed by atoms with Crippen molar-refractivity contribution in [1.29, 1.82) is 5.26 Å². The topological polar surface area (TPSA) is 194 Å². The first-order chi connectivity index (χ1) is 8.75. The SMILES string of the molecule is N#CC(C(N)=O)=C(N)Nc1ccc(S(=O)(=O)[O-])cc1.O.[K+]. The van der Waals surface area contributed by atoms with Gasteiger partial charge in [0.15, 0.2) is 5.57 Å². The summed E-state index contributed by atoms with van der Waals surface area (Å²) < 4.78 is 32.1. The van der Waals surface area contributed by atoms with E-state index in [1.54, 1.807) is 0 Å². The molecular formula is C10H11KN4O5S. The second-order valence-electron chi connectivity index (χ2n) is 3.37. The maximum atomic E-state index is 10.8. The van der Waals surface area contributed by atoms with Crippen LogP contribution in [0, 0.1) is 11.3 Å². The number of carbonyl (C=O) groups excluding carboxylic acids is 1. The van der Waals surface area contributed by atoms with Crippen molar-refractivity contribution in [3.05, 3.63) is 35.7 Å². The summed E-state index contributed by atoms with van der Waals surface area (Å²) in [6.07, 6.45) is 0. The number of anilines is 1. The van der Waals surface area contributed by atoms with Gasteiger partial charge in [0.05, 0.1) is 4.90 Å². The Hall–Kier alpha value is -0.974. The molecule has 21 heavy (non-hydrogen) atoms. The van der Waals surface area contributed by atoms with Gasteiger partial charge in [0.2, 0.25) is 0 Å². The van der Waals surface area contributed by atoms with Crippen LogP contribution in [0.25, 0.3) is 0 Å². The quantitative estimate of drug-likeness (QED) is 0.212. The maximum Gasteiger partial charge on any atom is 1.00 e. The molecule has 1 aromatic rings. The Morgan fingerprint density at radius 2 is 1.71 bits per heavy atom. The van der Waals surface area contributed by atoms with E-state index in [1.807, 2.05) is 0 Å². The summed E-state index contributed by atoms with van der Waals surface area (Å²) in [6, 6.07) is 6.17. The number of rotatable bonds is 4. The predicted molar refractivity (Wildman–Crippen MR) is 67.7 cm³/mol. The fourth-order valence-electron chi connectivity index (χ4n) is 1.17. The number of benzene rings is 1. The molecule has 1 aromatic carbocycles. The Kier molecular flexibility index (Phi) is 9.70. The molecule has 0 saturated heterocycles. The van der Waals surface area contributed by atoms with E-state index >= 15 is 0 Å². The summed E-state index contributed by atoms with van der Waals surface area (Å²) in [4.78, 5) is 10.4. The molecule has 1 rings (SSSR count). The van der Waals surface area contributed by atoms with E-state index in [0.29, 0.717) is 5.69 Å². The second-order valence-corrected chi connectivity index (χ2v) is 4.75. The van der Waals surface area contributed by atoms with Crippen LogP contribution < -0.4 is 68.2 Å². The average Bonchev–Trinajstić information content (AvgIpc) is 2.28. The number of nitriles is 1. The molecule has 0 unspecified atom stereocenters. The van der Waals surface area contributed by atoms with Crippen LogP contribution in [0.1, 0.15) is 0 Å². The average molecular weight is 338 g/mol. The van der Waals surface area contributed by atoms with Crippen molar-refractivity contribution in [2.75, 3.05) is 5.32 Å². The third kappa shape index (κ3) is 6.55. The molecule has 108 valence electrons. The Morgan fingerprint density at radius 3 is 2.05 bits per heavy atom. The first kappa shape index (κ1) is 22.3. The van der Waals surface area contributed by atoms with Gasteiger partial charge in [0.1, 0.15) is 22.0 Å². The van der Waals surface area contributed by atoms with Gasteiger partial charge < -0.3 is 26.8 Å². The van der Waals surface area contributed by atoms with Crippen LogP contribution in [0.5, 0.6) is 0 Å². The molecule has 0 aliphatic heterocycles. The van der Waals surface area contributed by atoms with Gasteiger partial charge >= 0.3 is 51.4 Å². The van der Waals surface area contributed by atoms with Gasteiger partial charge in [0.25, 0.3) is 5.91 Å². The molecule has 0 aliphatic carbocycles. The minimum absolute atomic E-state index is 0. The van der Waals surface area contributed by atoms with Gasteiger partial charge in [-0.1, -0.05) is 0 Å². The van der Waals surface area contributed by atoms with Crippen LogP contribution in [-0.4, -0.2) is 24.4 Å². The van der Waals surface area contributed by atoms with E-state index in [2.05, 4.69) is 5.32 Å². The summed E-state index contributed by atoms with van der Waals surface area (Å²) in [6.45, 7) is 0. The normalized spacial score (nSPS) is 11.0. The van der Waals surface area contributed by atoms with E-state index in [9.17, 15) is 17.8 Å². The predicted octanol–water partition coefficient (Wildman–Crippen LogP) is -4.64. The van der Waals surface area contributed by atoms with Gasteiger partial charge in [0, 0.05) is 5.69 Å². The summed E-state index contributed by atoms with van der Waals surface area (Å²) >= 11 is 0. The molecule has 0 saturated carbocycles. The number of hydrogen-bond donors (Lipinski definition) is 3. The number of amides is 1. The molecule has 0 aliphatic rings. The largest absolute Gasteiger partial charge is 1.00 e. The summed E-state index contributed by atoms with van der Waals surface area (Å²) in [5, 5.41) is 11.1. The summed E-state index contributed by atoms with van der Waals surface area (Å²) in [5.41, 5.74) is 10.2. The molecule has 0 aromatic heterocycles. The van der Waals surface area contributed by atoms with Crippen molar-refractivity contribution in [1.82, 2.24) is 0 Å². The van der Waals surface area contributed by atoms with Crippen LogP contribution in [0.2, 0.25) is 0 Å². The van der Waals surface area contributed by atoms with E-state index in [1.165, 1.54) is 18.2 Å². The molecular weight excluding hydrogens is 327 g/mol. The molecule has 7 N–H and O–H groups in total. The molecule has 11 heteroatoms. The first-order valence-corrected chi connectivity index (χ1v) is 6.19. The number of hydrogen-bond acceptors (Lipinski definition) is 7.